The molecule has 110 valence electrons. The van der Waals surface area contributed by atoms with Gasteiger partial charge in [0.1, 0.15) is 6.04 Å². The van der Waals surface area contributed by atoms with Gasteiger partial charge in [-0.05, 0) is 43.9 Å². The Morgan fingerprint density at radius 2 is 2.30 bits per heavy atom. The number of aryl methyl sites for hydroxylation is 1. The van der Waals surface area contributed by atoms with Crippen molar-refractivity contribution in [2.75, 3.05) is 0 Å². The fraction of sp³-hybridized carbons (Fsp3) is 0.733. The zero-order chi connectivity index (χ0) is 14.3. The number of nitrogens with one attached hydrogen (secondary N) is 1. The minimum absolute atomic E-state index is 0.0896. The van der Waals surface area contributed by atoms with Crippen LogP contribution in [0.2, 0.25) is 0 Å². The van der Waals surface area contributed by atoms with Crippen LogP contribution in [0.3, 0.4) is 0 Å². The SMILES string of the molecule is CC(NC(=O)C(N)c1cnn(C)c1)C1CC2CCC1C2. The van der Waals surface area contributed by atoms with Gasteiger partial charge in [-0.15, -0.1) is 0 Å². The average molecular weight is 276 g/mol. The summed E-state index contributed by atoms with van der Waals surface area (Å²) in [7, 11) is 1.83. The number of hydrogen-bond donors (Lipinski definition) is 2. The van der Waals surface area contributed by atoms with Crippen LogP contribution >= 0.6 is 0 Å². The molecule has 0 radical (unpaired) electrons. The molecule has 3 rings (SSSR count). The smallest absolute Gasteiger partial charge is 0.241 e. The van der Waals surface area contributed by atoms with Crippen LogP contribution in [0.5, 0.6) is 0 Å². The molecule has 5 heteroatoms. The maximum Gasteiger partial charge on any atom is 0.241 e. The average Bonchev–Trinajstić information content (AvgIpc) is 3.13. The van der Waals surface area contributed by atoms with Gasteiger partial charge in [-0.1, -0.05) is 6.42 Å². The molecule has 20 heavy (non-hydrogen) atoms. The first kappa shape index (κ1) is 13.6. The van der Waals surface area contributed by atoms with E-state index in [-0.39, 0.29) is 11.9 Å². The molecule has 2 aliphatic carbocycles. The number of rotatable bonds is 4. The van der Waals surface area contributed by atoms with E-state index in [1.54, 1.807) is 17.1 Å². The molecule has 2 aliphatic rings. The number of carbonyl (C=O) groups excluding carboxylic acids is 1. The van der Waals surface area contributed by atoms with Gasteiger partial charge in [0, 0.05) is 24.8 Å². The zero-order valence-corrected chi connectivity index (χ0v) is 12.2. The summed E-state index contributed by atoms with van der Waals surface area (Å²) < 4.78 is 1.67. The lowest BCUT2D eigenvalue weighted by Crippen LogP contribution is -2.44. The van der Waals surface area contributed by atoms with E-state index in [1.807, 2.05) is 7.05 Å². The summed E-state index contributed by atoms with van der Waals surface area (Å²) in [5.74, 6) is 2.26. The van der Waals surface area contributed by atoms with Gasteiger partial charge < -0.3 is 11.1 Å². The fourth-order valence-electron chi connectivity index (χ4n) is 4.08. The van der Waals surface area contributed by atoms with E-state index in [0.717, 1.165) is 17.4 Å². The molecule has 5 nitrogen and oxygen atoms in total. The molecule has 5 unspecified atom stereocenters. The van der Waals surface area contributed by atoms with Crippen molar-refractivity contribution in [1.29, 1.82) is 0 Å². The topological polar surface area (TPSA) is 72.9 Å². The molecule has 1 aromatic heterocycles. The number of amides is 1. The third kappa shape index (κ3) is 2.46. The predicted molar refractivity (Wildman–Crippen MR) is 76.7 cm³/mol. The summed E-state index contributed by atoms with van der Waals surface area (Å²) in [6, 6.07) is -0.398. The van der Waals surface area contributed by atoms with Crippen LogP contribution in [-0.4, -0.2) is 21.7 Å². The second kappa shape index (κ2) is 5.20. The van der Waals surface area contributed by atoms with Crippen molar-refractivity contribution >= 4 is 5.91 Å². The first-order valence-electron chi connectivity index (χ1n) is 7.59. The highest BCUT2D eigenvalue weighted by Gasteiger charge is 2.42. The number of fused-ring (bicyclic) bond motifs is 2. The number of nitrogens with zero attached hydrogens (tertiary/aromatic N) is 2. The van der Waals surface area contributed by atoms with Crippen LogP contribution in [0.1, 0.15) is 44.2 Å². The van der Waals surface area contributed by atoms with Crippen molar-refractivity contribution in [3.05, 3.63) is 18.0 Å². The summed E-state index contributed by atoms with van der Waals surface area (Å²) in [5.41, 5.74) is 6.78. The third-order valence-corrected chi connectivity index (χ3v) is 5.17. The maximum atomic E-state index is 12.3. The highest BCUT2D eigenvalue weighted by molar-refractivity contribution is 5.83. The Hall–Kier alpha value is -1.36. The largest absolute Gasteiger partial charge is 0.352 e. The van der Waals surface area contributed by atoms with E-state index in [0.29, 0.717) is 5.92 Å². The van der Waals surface area contributed by atoms with E-state index in [2.05, 4.69) is 17.3 Å². The normalized spacial score (nSPS) is 31.2. The van der Waals surface area contributed by atoms with Crippen LogP contribution in [0.4, 0.5) is 0 Å². The number of carbonyl (C=O) groups is 1. The second-order valence-corrected chi connectivity index (χ2v) is 6.56. The minimum atomic E-state index is -0.621. The molecule has 2 bridgehead atoms. The summed E-state index contributed by atoms with van der Waals surface area (Å²) in [6.45, 7) is 2.12. The summed E-state index contributed by atoms with van der Waals surface area (Å²) in [4.78, 5) is 12.3. The minimum Gasteiger partial charge on any atom is -0.352 e. The lowest BCUT2D eigenvalue weighted by molar-refractivity contribution is -0.123. The van der Waals surface area contributed by atoms with Gasteiger partial charge in [0.25, 0.3) is 0 Å². The van der Waals surface area contributed by atoms with E-state index < -0.39 is 6.04 Å². The van der Waals surface area contributed by atoms with Gasteiger partial charge in [0.15, 0.2) is 0 Å². The fourth-order valence-corrected chi connectivity index (χ4v) is 4.08. The van der Waals surface area contributed by atoms with E-state index >= 15 is 0 Å². The van der Waals surface area contributed by atoms with Gasteiger partial charge >= 0.3 is 0 Å². The van der Waals surface area contributed by atoms with E-state index in [1.165, 1.54) is 25.7 Å². The number of aromatic nitrogens is 2. The van der Waals surface area contributed by atoms with Gasteiger partial charge in [-0.25, -0.2) is 0 Å². The standard InChI is InChI=1S/C15H24N4O/c1-9(13-6-10-3-4-11(13)5-10)18-15(20)14(16)12-7-17-19(2)8-12/h7-11,13-14H,3-6,16H2,1-2H3,(H,18,20). The molecule has 3 N–H and O–H groups in total. The van der Waals surface area contributed by atoms with Crippen LogP contribution in [-0.2, 0) is 11.8 Å². The highest BCUT2D eigenvalue weighted by Crippen LogP contribution is 2.49. The van der Waals surface area contributed by atoms with Crippen LogP contribution in [0, 0.1) is 17.8 Å². The predicted octanol–water partition coefficient (Wildman–Crippen LogP) is 1.36. The van der Waals surface area contributed by atoms with Gasteiger partial charge in [-0.3, -0.25) is 9.48 Å². The Bertz CT molecular complexity index is 498. The maximum absolute atomic E-state index is 12.3. The van der Waals surface area contributed by atoms with Gasteiger partial charge in [0.2, 0.25) is 5.91 Å². The molecule has 2 fully saturated rings. The Kier molecular flexibility index (Phi) is 3.54. The quantitative estimate of drug-likeness (QED) is 0.872. The molecular formula is C15H24N4O. The van der Waals surface area contributed by atoms with Crippen molar-refractivity contribution in [1.82, 2.24) is 15.1 Å². The van der Waals surface area contributed by atoms with Crippen molar-refractivity contribution in [3.8, 4) is 0 Å². The molecule has 0 aromatic carbocycles. The number of nitrogens with two attached hydrogens (primary N) is 1. The molecule has 2 saturated carbocycles. The zero-order valence-electron chi connectivity index (χ0n) is 12.2. The summed E-state index contributed by atoms with van der Waals surface area (Å²) in [6.07, 6.45) is 8.81. The van der Waals surface area contributed by atoms with Crippen LogP contribution in [0.15, 0.2) is 12.4 Å². The Morgan fingerprint density at radius 1 is 1.50 bits per heavy atom. The van der Waals surface area contributed by atoms with E-state index in [4.69, 9.17) is 5.73 Å². The second-order valence-electron chi connectivity index (χ2n) is 6.56. The van der Waals surface area contributed by atoms with Crippen molar-refractivity contribution in [3.63, 3.8) is 0 Å². The number of hydrogen-bond acceptors (Lipinski definition) is 3. The monoisotopic (exact) mass is 276 g/mol. The molecule has 1 amide bonds. The van der Waals surface area contributed by atoms with E-state index in [9.17, 15) is 4.79 Å². The molecule has 0 aliphatic heterocycles. The Balaban J connectivity index is 1.58. The van der Waals surface area contributed by atoms with Crippen molar-refractivity contribution in [2.45, 2.75) is 44.7 Å². The summed E-state index contributed by atoms with van der Waals surface area (Å²) >= 11 is 0. The molecule has 0 saturated heterocycles. The third-order valence-electron chi connectivity index (χ3n) is 5.17. The van der Waals surface area contributed by atoms with Gasteiger partial charge in [0.05, 0.1) is 6.20 Å². The lowest BCUT2D eigenvalue weighted by Gasteiger charge is -2.29. The Labute approximate surface area is 119 Å². The first-order chi connectivity index (χ1) is 9.54. The summed E-state index contributed by atoms with van der Waals surface area (Å²) in [5, 5.41) is 7.18. The molecule has 1 heterocycles. The lowest BCUT2D eigenvalue weighted by atomic mass is 9.84. The van der Waals surface area contributed by atoms with Gasteiger partial charge in [-0.2, -0.15) is 5.10 Å². The molecular weight excluding hydrogens is 252 g/mol. The van der Waals surface area contributed by atoms with Crippen molar-refractivity contribution in [2.24, 2.45) is 30.5 Å². The van der Waals surface area contributed by atoms with Crippen LogP contribution in [0.25, 0.3) is 0 Å². The Morgan fingerprint density at radius 3 is 2.85 bits per heavy atom. The molecule has 5 atom stereocenters. The molecule has 0 spiro atoms. The molecule has 1 aromatic rings. The van der Waals surface area contributed by atoms with Crippen LogP contribution < -0.4 is 11.1 Å². The highest BCUT2D eigenvalue weighted by atomic mass is 16.2. The van der Waals surface area contributed by atoms with Crippen molar-refractivity contribution < 1.29 is 4.79 Å². The first-order valence-corrected chi connectivity index (χ1v) is 7.59.